The van der Waals surface area contributed by atoms with Crippen molar-refractivity contribution in [3.8, 4) is 5.75 Å². The fraction of sp³-hybridized carbons (Fsp3) is 0.200. The van der Waals surface area contributed by atoms with Gasteiger partial charge in [-0.05, 0) is 42.3 Å². The smallest absolute Gasteiger partial charge is 0.129 e. The van der Waals surface area contributed by atoms with Gasteiger partial charge in [0.25, 0.3) is 0 Å². The normalized spacial score (nSPS) is 12.2. The monoisotopic (exact) mass is 360 g/mol. The van der Waals surface area contributed by atoms with E-state index in [2.05, 4.69) is 15.9 Å². The van der Waals surface area contributed by atoms with E-state index in [4.69, 9.17) is 16.3 Å². The summed E-state index contributed by atoms with van der Waals surface area (Å²) in [7, 11) is 1.55. The molecule has 5 heteroatoms. The second-order valence-electron chi connectivity index (χ2n) is 4.26. The topological polar surface area (TPSA) is 9.23 Å². The van der Waals surface area contributed by atoms with E-state index in [1.165, 1.54) is 18.2 Å². The minimum absolute atomic E-state index is 0.0118. The first-order valence-electron chi connectivity index (χ1n) is 5.93. The molecule has 2 aromatic carbocycles. The molecule has 1 atom stereocenters. The van der Waals surface area contributed by atoms with E-state index >= 15 is 0 Å². The quantitative estimate of drug-likeness (QED) is 0.675. The van der Waals surface area contributed by atoms with E-state index in [9.17, 15) is 8.78 Å². The lowest BCUT2D eigenvalue weighted by Gasteiger charge is -2.14. The SMILES string of the molecule is COc1ccc(Br)c(C(Cl)Cc2c(F)cccc2F)c1. The Kier molecular flexibility index (Phi) is 5.00. The third kappa shape index (κ3) is 3.30. The maximum Gasteiger partial charge on any atom is 0.129 e. The summed E-state index contributed by atoms with van der Waals surface area (Å²) in [6.45, 7) is 0. The van der Waals surface area contributed by atoms with E-state index in [0.717, 1.165) is 10.0 Å². The van der Waals surface area contributed by atoms with Gasteiger partial charge in [0.05, 0.1) is 12.5 Å². The number of benzene rings is 2. The van der Waals surface area contributed by atoms with Crippen LogP contribution in [0.3, 0.4) is 0 Å². The maximum atomic E-state index is 13.6. The molecule has 0 saturated heterocycles. The van der Waals surface area contributed by atoms with Gasteiger partial charge in [0, 0.05) is 10.0 Å². The summed E-state index contributed by atoms with van der Waals surface area (Å²) < 4.78 is 33.2. The van der Waals surface area contributed by atoms with Crippen molar-refractivity contribution < 1.29 is 13.5 Å². The second kappa shape index (κ2) is 6.55. The van der Waals surface area contributed by atoms with Gasteiger partial charge in [-0.1, -0.05) is 22.0 Å². The summed E-state index contributed by atoms with van der Waals surface area (Å²) >= 11 is 9.68. The molecule has 0 aliphatic carbocycles. The van der Waals surface area contributed by atoms with Crippen molar-refractivity contribution in [1.29, 1.82) is 0 Å². The highest BCUT2D eigenvalue weighted by Crippen LogP contribution is 2.34. The van der Waals surface area contributed by atoms with Crippen LogP contribution in [-0.4, -0.2) is 7.11 Å². The molecule has 0 aliphatic rings. The third-order valence-electron chi connectivity index (χ3n) is 2.99. The van der Waals surface area contributed by atoms with Crippen molar-refractivity contribution in [1.82, 2.24) is 0 Å². The van der Waals surface area contributed by atoms with Gasteiger partial charge in [-0.3, -0.25) is 0 Å². The Morgan fingerprint density at radius 3 is 2.45 bits per heavy atom. The lowest BCUT2D eigenvalue weighted by molar-refractivity contribution is 0.414. The zero-order chi connectivity index (χ0) is 14.7. The molecule has 0 aliphatic heterocycles. The van der Waals surface area contributed by atoms with Gasteiger partial charge in [-0.2, -0.15) is 0 Å². The number of hydrogen-bond acceptors (Lipinski definition) is 1. The minimum Gasteiger partial charge on any atom is -0.497 e. The first kappa shape index (κ1) is 15.3. The van der Waals surface area contributed by atoms with Crippen LogP contribution < -0.4 is 4.74 Å². The molecule has 0 amide bonds. The third-order valence-corrected chi connectivity index (χ3v) is 4.10. The standard InChI is InChI=1S/C15H12BrClF2O/c1-20-9-5-6-12(16)10(7-9)13(17)8-11-14(18)3-2-4-15(11)19/h2-7,13H,8H2,1H3. The summed E-state index contributed by atoms with van der Waals surface area (Å²) in [5.41, 5.74) is 0.718. The van der Waals surface area contributed by atoms with Crippen LogP contribution in [0.1, 0.15) is 16.5 Å². The Bertz CT molecular complexity index is 599. The average molecular weight is 362 g/mol. The summed E-state index contributed by atoms with van der Waals surface area (Å²) in [5, 5.41) is -0.564. The maximum absolute atomic E-state index is 13.6. The second-order valence-corrected chi connectivity index (χ2v) is 5.64. The lowest BCUT2D eigenvalue weighted by Crippen LogP contribution is -2.02. The van der Waals surface area contributed by atoms with Crippen LogP contribution in [0.5, 0.6) is 5.75 Å². The molecular weight excluding hydrogens is 350 g/mol. The predicted molar refractivity (Wildman–Crippen MR) is 79.4 cm³/mol. The van der Waals surface area contributed by atoms with Gasteiger partial charge in [0.2, 0.25) is 0 Å². The fourth-order valence-corrected chi connectivity index (χ4v) is 2.89. The molecular formula is C15H12BrClF2O. The molecule has 2 rings (SSSR count). The molecule has 0 heterocycles. The van der Waals surface area contributed by atoms with Gasteiger partial charge in [-0.15, -0.1) is 11.6 Å². The highest BCUT2D eigenvalue weighted by molar-refractivity contribution is 9.10. The molecule has 2 aromatic rings. The van der Waals surface area contributed by atoms with E-state index in [0.29, 0.717) is 5.75 Å². The number of alkyl halides is 1. The summed E-state index contributed by atoms with van der Waals surface area (Å²) in [5.74, 6) is -0.535. The van der Waals surface area contributed by atoms with Gasteiger partial charge in [0.15, 0.2) is 0 Å². The van der Waals surface area contributed by atoms with Gasteiger partial charge in [-0.25, -0.2) is 8.78 Å². The first-order chi connectivity index (χ1) is 9.52. The van der Waals surface area contributed by atoms with Crippen LogP contribution in [0, 0.1) is 11.6 Å². The van der Waals surface area contributed by atoms with Crippen LogP contribution in [0.25, 0.3) is 0 Å². The molecule has 0 N–H and O–H groups in total. The minimum atomic E-state index is -0.588. The van der Waals surface area contributed by atoms with Gasteiger partial charge in [0.1, 0.15) is 17.4 Å². The van der Waals surface area contributed by atoms with Gasteiger partial charge < -0.3 is 4.74 Å². The molecule has 1 nitrogen and oxygen atoms in total. The zero-order valence-electron chi connectivity index (χ0n) is 10.7. The molecule has 0 aromatic heterocycles. The van der Waals surface area contributed by atoms with Crippen LogP contribution in [0.2, 0.25) is 0 Å². The summed E-state index contributed by atoms with van der Waals surface area (Å²) in [4.78, 5) is 0. The fourth-order valence-electron chi connectivity index (χ4n) is 1.91. The number of ether oxygens (including phenoxy) is 1. The van der Waals surface area contributed by atoms with Crippen LogP contribution in [0.15, 0.2) is 40.9 Å². The van der Waals surface area contributed by atoms with Crippen LogP contribution >= 0.6 is 27.5 Å². The number of halogens is 4. The average Bonchev–Trinajstić information content (AvgIpc) is 2.43. The number of rotatable bonds is 4. The Labute approximate surface area is 129 Å². The molecule has 106 valence electrons. The molecule has 0 bridgehead atoms. The van der Waals surface area contributed by atoms with Crippen molar-refractivity contribution in [3.05, 3.63) is 63.6 Å². The van der Waals surface area contributed by atoms with Crippen LogP contribution in [-0.2, 0) is 6.42 Å². The molecule has 0 fully saturated rings. The van der Waals surface area contributed by atoms with E-state index in [1.54, 1.807) is 25.3 Å². The number of methoxy groups -OCH3 is 1. The van der Waals surface area contributed by atoms with Crippen molar-refractivity contribution >= 4 is 27.5 Å². The zero-order valence-corrected chi connectivity index (χ0v) is 13.0. The van der Waals surface area contributed by atoms with Crippen LogP contribution in [0.4, 0.5) is 8.78 Å². The van der Waals surface area contributed by atoms with Crippen molar-refractivity contribution in [2.24, 2.45) is 0 Å². The highest BCUT2D eigenvalue weighted by Gasteiger charge is 2.18. The predicted octanol–water partition coefficient (Wildman–Crippen LogP) is 5.26. The molecule has 0 radical (unpaired) electrons. The molecule has 1 unspecified atom stereocenters. The molecule has 20 heavy (non-hydrogen) atoms. The Hall–Kier alpha value is -1.13. The first-order valence-corrected chi connectivity index (χ1v) is 7.16. The molecule has 0 saturated carbocycles. The van der Waals surface area contributed by atoms with Crippen molar-refractivity contribution in [3.63, 3.8) is 0 Å². The highest BCUT2D eigenvalue weighted by atomic mass is 79.9. The lowest BCUT2D eigenvalue weighted by atomic mass is 10.0. The number of hydrogen-bond donors (Lipinski definition) is 0. The van der Waals surface area contributed by atoms with E-state index in [1.807, 2.05) is 0 Å². The van der Waals surface area contributed by atoms with Crippen molar-refractivity contribution in [2.45, 2.75) is 11.8 Å². The summed E-state index contributed by atoms with van der Waals surface area (Å²) in [6, 6.07) is 9.10. The Morgan fingerprint density at radius 1 is 1.20 bits per heavy atom. The summed E-state index contributed by atoms with van der Waals surface area (Å²) in [6.07, 6.45) is 0.0613. The Balaban J connectivity index is 2.30. The van der Waals surface area contributed by atoms with Crippen molar-refractivity contribution in [2.75, 3.05) is 7.11 Å². The van der Waals surface area contributed by atoms with E-state index < -0.39 is 17.0 Å². The molecule has 0 spiro atoms. The largest absolute Gasteiger partial charge is 0.497 e. The van der Waals surface area contributed by atoms with E-state index in [-0.39, 0.29) is 12.0 Å². The van der Waals surface area contributed by atoms with Gasteiger partial charge >= 0.3 is 0 Å². The Morgan fingerprint density at radius 2 is 1.85 bits per heavy atom.